The van der Waals surface area contributed by atoms with Crippen molar-refractivity contribution in [1.29, 1.82) is 0 Å². The van der Waals surface area contributed by atoms with Gasteiger partial charge in [0.2, 0.25) is 5.88 Å². The highest BCUT2D eigenvalue weighted by Crippen LogP contribution is 2.36. The minimum atomic E-state index is -0.655. The van der Waals surface area contributed by atoms with Crippen molar-refractivity contribution in [2.45, 2.75) is 0 Å². The highest BCUT2D eigenvalue weighted by molar-refractivity contribution is 7.12. The van der Waals surface area contributed by atoms with Gasteiger partial charge in [-0.1, -0.05) is 0 Å². The molecule has 170 valence electrons. The highest BCUT2D eigenvalue weighted by Gasteiger charge is 2.21. The number of ether oxygens (including phenoxy) is 1. The maximum absolute atomic E-state index is 14.6. The lowest BCUT2D eigenvalue weighted by atomic mass is 10.2. The molecule has 4 heterocycles. The van der Waals surface area contributed by atoms with Gasteiger partial charge in [0.05, 0.1) is 30.1 Å². The van der Waals surface area contributed by atoms with Crippen molar-refractivity contribution >= 4 is 39.4 Å². The Balaban J connectivity index is 1.41. The first-order valence-corrected chi connectivity index (χ1v) is 11.2. The van der Waals surface area contributed by atoms with E-state index in [-0.39, 0.29) is 22.7 Å². The van der Waals surface area contributed by atoms with Crippen LogP contribution in [0.3, 0.4) is 0 Å². The summed E-state index contributed by atoms with van der Waals surface area (Å²) in [6.45, 7) is 3.39. The number of anilines is 2. The maximum atomic E-state index is 14.6. The Hall–Kier alpha value is -3.70. The predicted molar refractivity (Wildman–Crippen MR) is 124 cm³/mol. The number of aromatic hydroxyl groups is 1. The standard InChI is InChI=1S/C22H21FN6O3S/c1-32-17-3-2-13-11-29(21(31)18(13)19(17)23)22-27-15(12-33-22)20(30)26-14-10-25-5-4-16(14)28-8-6-24-7-9-28/h2-5,10-12,24,31H,6-9H2,1H3,(H,26,30). The number of fused-ring (bicyclic) bond motifs is 1. The fraction of sp³-hybridized carbons (Fsp3) is 0.227. The predicted octanol–water partition coefficient (Wildman–Crippen LogP) is 3.00. The molecular weight excluding hydrogens is 447 g/mol. The first kappa shape index (κ1) is 21.2. The van der Waals surface area contributed by atoms with Gasteiger partial charge >= 0.3 is 0 Å². The van der Waals surface area contributed by atoms with Crippen LogP contribution in [0.15, 0.2) is 42.2 Å². The fourth-order valence-electron chi connectivity index (χ4n) is 3.86. The molecule has 5 rings (SSSR count). The average molecular weight is 469 g/mol. The number of piperazine rings is 1. The molecule has 1 saturated heterocycles. The second kappa shape index (κ2) is 8.68. The van der Waals surface area contributed by atoms with E-state index in [4.69, 9.17) is 4.74 Å². The number of benzene rings is 1. The molecule has 0 atom stereocenters. The van der Waals surface area contributed by atoms with Crippen molar-refractivity contribution in [2.75, 3.05) is 43.5 Å². The van der Waals surface area contributed by atoms with Gasteiger partial charge in [0.15, 0.2) is 16.7 Å². The van der Waals surface area contributed by atoms with Gasteiger partial charge in [0.1, 0.15) is 5.69 Å². The number of aromatic nitrogens is 3. The van der Waals surface area contributed by atoms with Gasteiger partial charge in [-0.2, -0.15) is 0 Å². The van der Waals surface area contributed by atoms with Gasteiger partial charge in [-0.3, -0.25) is 14.3 Å². The molecule has 1 aromatic carbocycles. The quantitative estimate of drug-likeness (QED) is 0.414. The van der Waals surface area contributed by atoms with Crippen LogP contribution < -0.4 is 20.3 Å². The summed E-state index contributed by atoms with van der Waals surface area (Å²) in [7, 11) is 1.36. The smallest absolute Gasteiger partial charge is 0.275 e. The van der Waals surface area contributed by atoms with E-state index in [1.165, 1.54) is 17.7 Å². The van der Waals surface area contributed by atoms with E-state index in [0.29, 0.717) is 16.2 Å². The molecule has 0 aliphatic carbocycles. The van der Waals surface area contributed by atoms with Gasteiger partial charge in [0, 0.05) is 49.3 Å². The number of carbonyl (C=O) groups is 1. The number of nitrogens with zero attached hydrogens (tertiary/aromatic N) is 4. The van der Waals surface area contributed by atoms with Crippen molar-refractivity contribution < 1.29 is 19.0 Å². The lowest BCUT2D eigenvalue weighted by Gasteiger charge is -2.30. The number of pyridine rings is 1. The molecule has 3 aromatic heterocycles. The van der Waals surface area contributed by atoms with E-state index in [1.807, 2.05) is 6.07 Å². The minimum Gasteiger partial charge on any atom is -0.494 e. The van der Waals surface area contributed by atoms with Crippen molar-refractivity contribution in [3.05, 3.63) is 53.7 Å². The lowest BCUT2D eigenvalue weighted by molar-refractivity contribution is 0.102. The number of rotatable bonds is 5. The zero-order valence-corrected chi connectivity index (χ0v) is 18.5. The molecule has 1 aliphatic heterocycles. The van der Waals surface area contributed by atoms with Crippen molar-refractivity contribution in [3.63, 3.8) is 0 Å². The van der Waals surface area contributed by atoms with Crippen LogP contribution >= 0.6 is 11.3 Å². The Morgan fingerprint density at radius 3 is 2.91 bits per heavy atom. The summed E-state index contributed by atoms with van der Waals surface area (Å²) in [6, 6.07) is 5.01. The summed E-state index contributed by atoms with van der Waals surface area (Å²) in [5.74, 6) is -1.33. The number of methoxy groups -OCH3 is 1. The summed E-state index contributed by atoms with van der Waals surface area (Å²) < 4.78 is 21.0. The van der Waals surface area contributed by atoms with Crippen LogP contribution in [0.4, 0.5) is 15.8 Å². The lowest BCUT2D eigenvalue weighted by Crippen LogP contribution is -2.43. The molecule has 9 nitrogen and oxygen atoms in total. The van der Waals surface area contributed by atoms with Crippen LogP contribution in [-0.2, 0) is 0 Å². The summed E-state index contributed by atoms with van der Waals surface area (Å²) in [6.07, 6.45) is 4.88. The van der Waals surface area contributed by atoms with Crippen LogP contribution in [0.2, 0.25) is 0 Å². The van der Waals surface area contributed by atoms with E-state index in [1.54, 1.807) is 30.0 Å². The first-order chi connectivity index (χ1) is 16.1. The Morgan fingerprint density at radius 1 is 1.30 bits per heavy atom. The van der Waals surface area contributed by atoms with Gasteiger partial charge in [0.25, 0.3) is 5.91 Å². The van der Waals surface area contributed by atoms with Crippen LogP contribution in [0.5, 0.6) is 11.6 Å². The molecule has 1 fully saturated rings. The fourth-order valence-corrected chi connectivity index (χ4v) is 4.64. The number of thiazole rings is 1. The normalized spacial score (nSPS) is 13.9. The topological polar surface area (TPSA) is 105 Å². The average Bonchev–Trinajstić information content (AvgIpc) is 3.45. The summed E-state index contributed by atoms with van der Waals surface area (Å²) >= 11 is 1.16. The highest BCUT2D eigenvalue weighted by atomic mass is 32.1. The summed E-state index contributed by atoms with van der Waals surface area (Å²) in [5, 5.41) is 19.3. The van der Waals surface area contributed by atoms with E-state index >= 15 is 0 Å². The Bertz CT molecular complexity index is 1330. The molecule has 0 unspecified atom stereocenters. The monoisotopic (exact) mass is 468 g/mol. The van der Waals surface area contributed by atoms with Gasteiger partial charge in [-0.05, 0) is 18.2 Å². The molecule has 1 amide bonds. The van der Waals surface area contributed by atoms with Gasteiger partial charge in [-0.15, -0.1) is 11.3 Å². The minimum absolute atomic E-state index is 0.0338. The molecule has 1 aliphatic rings. The number of hydrogen-bond donors (Lipinski definition) is 3. The molecular formula is C22H21FN6O3S. The molecule has 4 aromatic rings. The van der Waals surface area contributed by atoms with Crippen LogP contribution in [0.1, 0.15) is 10.5 Å². The molecule has 0 radical (unpaired) electrons. The number of amides is 1. The largest absolute Gasteiger partial charge is 0.494 e. The Kier molecular flexibility index (Phi) is 5.56. The van der Waals surface area contributed by atoms with Gasteiger partial charge < -0.3 is 25.4 Å². The molecule has 0 saturated carbocycles. The van der Waals surface area contributed by atoms with Crippen LogP contribution in [0, 0.1) is 5.82 Å². The van der Waals surface area contributed by atoms with E-state index < -0.39 is 11.7 Å². The van der Waals surface area contributed by atoms with Gasteiger partial charge in [-0.25, -0.2) is 9.37 Å². The molecule has 33 heavy (non-hydrogen) atoms. The number of hydrogen-bond acceptors (Lipinski definition) is 8. The van der Waals surface area contributed by atoms with Crippen LogP contribution in [0.25, 0.3) is 15.9 Å². The zero-order chi connectivity index (χ0) is 22.9. The van der Waals surface area contributed by atoms with E-state index in [0.717, 1.165) is 43.2 Å². The maximum Gasteiger partial charge on any atom is 0.275 e. The molecule has 3 N–H and O–H groups in total. The Morgan fingerprint density at radius 2 is 2.12 bits per heavy atom. The molecule has 0 spiro atoms. The Labute approximate surface area is 192 Å². The zero-order valence-electron chi connectivity index (χ0n) is 17.7. The first-order valence-electron chi connectivity index (χ1n) is 10.3. The summed E-state index contributed by atoms with van der Waals surface area (Å²) in [5.41, 5.74) is 1.68. The third-order valence-corrected chi connectivity index (χ3v) is 6.35. The summed E-state index contributed by atoms with van der Waals surface area (Å²) in [4.78, 5) is 23.6. The number of nitrogens with one attached hydrogen (secondary N) is 2. The van der Waals surface area contributed by atoms with Crippen LogP contribution in [-0.4, -0.2) is 58.8 Å². The third-order valence-electron chi connectivity index (χ3n) is 5.51. The van der Waals surface area contributed by atoms with E-state index in [2.05, 4.69) is 25.5 Å². The van der Waals surface area contributed by atoms with Crippen molar-refractivity contribution in [1.82, 2.24) is 19.9 Å². The molecule has 0 bridgehead atoms. The molecule has 11 heteroatoms. The number of carbonyl (C=O) groups excluding carboxylic acids is 1. The second-order valence-electron chi connectivity index (χ2n) is 7.47. The van der Waals surface area contributed by atoms with Crippen molar-refractivity contribution in [2.24, 2.45) is 0 Å². The second-order valence-corrected chi connectivity index (χ2v) is 8.30. The number of halogens is 1. The van der Waals surface area contributed by atoms with Crippen molar-refractivity contribution in [3.8, 4) is 16.8 Å². The third kappa shape index (κ3) is 3.85. The SMILES string of the molecule is COc1ccc2cn(-c3nc(C(=O)Nc4cnccc4N4CCNCC4)cs3)c(O)c2c1F. The van der Waals surface area contributed by atoms with E-state index in [9.17, 15) is 14.3 Å².